The lowest BCUT2D eigenvalue weighted by atomic mass is 10.4. The van der Waals surface area contributed by atoms with Crippen LogP contribution in [0.1, 0.15) is 6.42 Å². The zero-order valence-electron chi connectivity index (χ0n) is 10.0. The van der Waals surface area contributed by atoms with E-state index in [0.29, 0.717) is 0 Å². The van der Waals surface area contributed by atoms with Crippen LogP contribution in [0.2, 0.25) is 0 Å². The van der Waals surface area contributed by atoms with Crippen LogP contribution in [-0.4, -0.2) is 38.6 Å². The first-order valence-corrected chi connectivity index (χ1v) is 7.01. The fourth-order valence-corrected chi connectivity index (χ4v) is 2.61. The molecule has 18 heavy (non-hydrogen) atoms. The first-order chi connectivity index (χ1) is 8.47. The molecule has 5 nitrogen and oxygen atoms in total. The third kappa shape index (κ3) is 3.86. The molecular formula is C12H14N2O3S. The number of benzene rings is 1. The van der Waals surface area contributed by atoms with Gasteiger partial charge in [-0.1, -0.05) is 18.2 Å². The fourth-order valence-electron chi connectivity index (χ4n) is 1.33. The standard InChI is InChI=1S/C12H14N2O3S/c1-14(9-5-8-13)12(15)10-18(16,17)11-6-3-2-4-7-11/h2-4,6-7H,5,9-10H2,1H3. The molecular weight excluding hydrogens is 252 g/mol. The first-order valence-electron chi connectivity index (χ1n) is 5.36. The number of nitriles is 1. The van der Waals surface area contributed by atoms with E-state index in [9.17, 15) is 13.2 Å². The van der Waals surface area contributed by atoms with Crippen LogP contribution in [0.15, 0.2) is 35.2 Å². The Morgan fingerprint density at radius 3 is 2.50 bits per heavy atom. The number of amides is 1. The number of carbonyl (C=O) groups is 1. The van der Waals surface area contributed by atoms with Gasteiger partial charge in [-0.15, -0.1) is 0 Å². The van der Waals surface area contributed by atoms with E-state index in [2.05, 4.69) is 0 Å². The summed E-state index contributed by atoms with van der Waals surface area (Å²) in [6.07, 6.45) is 0.188. The molecule has 0 aliphatic heterocycles. The van der Waals surface area contributed by atoms with E-state index < -0.39 is 21.5 Å². The summed E-state index contributed by atoms with van der Waals surface area (Å²) in [5.74, 6) is -1.08. The van der Waals surface area contributed by atoms with E-state index in [0.717, 1.165) is 0 Å². The largest absolute Gasteiger partial charge is 0.344 e. The van der Waals surface area contributed by atoms with Gasteiger partial charge in [-0.25, -0.2) is 8.42 Å². The highest BCUT2D eigenvalue weighted by Crippen LogP contribution is 2.10. The Morgan fingerprint density at radius 1 is 1.33 bits per heavy atom. The normalized spacial score (nSPS) is 10.7. The molecule has 0 aliphatic rings. The molecule has 0 spiro atoms. The molecule has 96 valence electrons. The average molecular weight is 266 g/mol. The van der Waals surface area contributed by atoms with E-state index in [1.165, 1.54) is 24.1 Å². The van der Waals surface area contributed by atoms with Crippen LogP contribution in [0, 0.1) is 11.3 Å². The smallest absolute Gasteiger partial charge is 0.237 e. The molecule has 0 heterocycles. The number of sulfone groups is 1. The van der Waals surface area contributed by atoms with Crippen LogP contribution < -0.4 is 0 Å². The number of hydrogen-bond donors (Lipinski definition) is 0. The predicted octanol–water partition coefficient (Wildman–Crippen LogP) is 0.832. The van der Waals surface area contributed by atoms with Crippen LogP contribution >= 0.6 is 0 Å². The summed E-state index contributed by atoms with van der Waals surface area (Å²) in [5, 5.41) is 8.40. The van der Waals surface area contributed by atoms with E-state index in [4.69, 9.17) is 5.26 Å². The molecule has 0 unspecified atom stereocenters. The molecule has 6 heteroatoms. The maximum Gasteiger partial charge on any atom is 0.237 e. The second kappa shape index (κ2) is 6.17. The lowest BCUT2D eigenvalue weighted by Crippen LogP contribution is -2.33. The molecule has 0 atom stereocenters. The molecule has 0 fully saturated rings. The van der Waals surface area contributed by atoms with Crippen molar-refractivity contribution in [1.29, 1.82) is 5.26 Å². The quantitative estimate of drug-likeness (QED) is 0.791. The van der Waals surface area contributed by atoms with Crippen molar-refractivity contribution in [3.63, 3.8) is 0 Å². The summed E-state index contributed by atoms with van der Waals surface area (Å²) in [6.45, 7) is 0.236. The van der Waals surface area contributed by atoms with Gasteiger partial charge in [0.05, 0.1) is 17.4 Å². The van der Waals surface area contributed by atoms with Crippen molar-refractivity contribution in [2.45, 2.75) is 11.3 Å². The van der Waals surface area contributed by atoms with Gasteiger partial charge in [0, 0.05) is 13.6 Å². The maximum atomic E-state index is 11.9. The molecule has 0 radical (unpaired) electrons. The predicted molar refractivity (Wildman–Crippen MR) is 66.4 cm³/mol. The van der Waals surface area contributed by atoms with E-state index in [-0.39, 0.29) is 17.9 Å². The van der Waals surface area contributed by atoms with Crippen molar-refractivity contribution in [2.75, 3.05) is 19.3 Å². The maximum absolute atomic E-state index is 11.9. The molecule has 0 N–H and O–H groups in total. The average Bonchev–Trinajstić information content (AvgIpc) is 2.36. The van der Waals surface area contributed by atoms with Crippen molar-refractivity contribution in [3.8, 4) is 6.07 Å². The molecule has 0 saturated heterocycles. The van der Waals surface area contributed by atoms with Crippen molar-refractivity contribution in [1.82, 2.24) is 4.90 Å². The van der Waals surface area contributed by atoms with Crippen LogP contribution in [0.5, 0.6) is 0 Å². The van der Waals surface area contributed by atoms with Crippen LogP contribution in [-0.2, 0) is 14.6 Å². The van der Waals surface area contributed by atoms with Gasteiger partial charge < -0.3 is 4.90 Å². The Bertz CT molecular complexity index is 546. The first kappa shape index (κ1) is 14.2. The van der Waals surface area contributed by atoms with Crippen molar-refractivity contribution in [2.24, 2.45) is 0 Å². The van der Waals surface area contributed by atoms with Gasteiger partial charge in [-0.05, 0) is 12.1 Å². The summed E-state index contributed by atoms with van der Waals surface area (Å²) in [6, 6.07) is 9.74. The molecule has 1 aromatic rings. The molecule has 1 rings (SSSR count). The van der Waals surface area contributed by atoms with Crippen molar-refractivity contribution in [3.05, 3.63) is 30.3 Å². The Balaban J connectivity index is 2.73. The van der Waals surface area contributed by atoms with E-state index in [1.807, 2.05) is 6.07 Å². The summed E-state index contributed by atoms with van der Waals surface area (Å²) in [7, 11) is -2.12. The van der Waals surface area contributed by atoms with Crippen molar-refractivity contribution >= 4 is 15.7 Å². The van der Waals surface area contributed by atoms with Crippen LogP contribution in [0.25, 0.3) is 0 Å². The third-order valence-corrected chi connectivity index (χ3v) is 4.02. The SMILES string of the molecule is CN(CCC#N)C(=O)CS(=O)(=O)c1ccccc1. The monoisotopic (exact) mass is 266 g/mol. The van der Waals surface area contributed by atoms with Gasteiger partial charge in [0.1, 0.15) is 5.75 Å². The highest BCUT2D eigenvalue weighted by atomic mass is 32.2. The van der Waals surface area contributed by atoms with Gasteiger partial charge in [-0.2, -0.15) is 5.26 Å². The lowest BCUT2D eigenvalue weighted by Gasteiger charge is -2.15. The Kier molecular flexibility index (Phi) is 4.86. The summed E-state index contributed by atoms with van der Waals surface area (Å²) in [4.78, 5) is 13.1. The number of nitrogens with zero attached hydrogens (tertiary/aromatic N) is 2. The zero-order valence-corrected chi connectivity index (χ0v) is 10.9. The minimum Gasteiger partial charge on any atom is -0.344 e. The van der Waals surface area contributed by atoms with Gasteiger partial charge in [0.15, 0.2) is 9.84 Å². The highest BCUT2D eigenvalue weighted by molar-refractivity contribution is 7.92. The Labute approximate surface area is 107 Å². The van der Waals surface area contributed by atoms with Crippen LogP contribution in [0.4, 0.5) is 0 Å². The fraction of sp³-hybridized carbons (Fsp3) is 0.333. The summed E-state index contributed by atoms with van der Waals surface area (Å²) < 4.78 is 23.8. The van der Waals surface area contributed by atoms with Gasteiger partial charge in [0.25, 0.3) is 0 Å². The van der Waals surface area contributed by atoms with Gasteiger partial charge in [-0.3, -0.25) is 4.79 Å². The summed E-state index contributed by atoms with van der Waals surface area (Å²) >= 11 is 0. The third-order valence-electron chi connectivity index (χ3n) is 2.40. The second-order valence-corrected chi connectivity index (χ2v) is 5.79. The Hall–Kier alpha value is -1.87. The highest BCUT2D eigenvalue weighted by Gasteiger charge is 2.21. The Morgan fingerprint density at radius 2 is 1.94 bits per heavy atom. The zero-order chi connectivity index (χ0) is 13.6. The minimum absolute atomic E-state index is 0.132. The number of carbonyl (C=O) groups excluding carboxylic acids is 1. The van der Waals surface area contributed by atoms with Crippen LogP contribution in [0.3, 0.4) is 0 Å². The topological polar surface area (TPSA) is 78.2 Å². The van der Waals surface area contributed by atoms with E-state index in [1.54, 1.807) is 18.2 Å². The van der Waals surface area contributed by atoms with Gasteiger partial charge >= 0.3 is 0 Å². The molecule has 0 aromatic heterocycles. The number of rotatable bonds is 5. The molecule has 1 amide bonds. The molecule has 0 saturated carbocycles. The van der Waals surface area contributed by atoms with Gasteiger partial charge in [0.2, 0.25) is 5.91 Å². The second-order valence-electron chi connectivity index (χ2n) is 3.80. The molecule has 1 aromatic carbocycles. The molecule has 0 bridgehead atoms. The minimum atomic E-state index is -3.60. The number of hydrogen-bond acceptors (Lipinski definition) is 4. The van der Waals surface area contributed by atoms with Crippen molar-refractivity contribution < 1.29 is 13.2 Å². The van der Waals surface area contributed by atoms with E-state index >= 15 is 0 Å². The lowest BCUT2D eigenvalue weighted by molar-refractivity contribution is -0.127. The summed E-state index contributed by atoms with van der Waals surface area (Å²) in [5.41, 5.74) is 0. The molecule has 0 aliphatic carbocycles.